The van der Waals surface area contributed by atoms with Gasteiger partial charge < -0.3 is 10.1 Å². The van der Waals surface area contributed by atoms with Crippen molar-refractivity contribution in [3.63, 3.8) is 0 Å². The zero-order valence-electron chi connectivity index (χ0n) is 17.9. The third-order valence-corrected chi connectivity index (χ3v) is 6.21. The van der Waals surface area contributed by atoms with Crippen molar-refractivity contribution in [3.8, 4) is 5.75 Å². The van der Waals surface area contributed by atoms with Crippen molar-refractivity contribution in [2.45, 2.75) is 52.3 Å². The van der Waals surface area contributed by atoms with Crippen LogP contribution < -0.4 is 10.1 Å². The first-order chi connectivity index (χ1) is 14.9. The fourth-order valence-electron chi connectivity index (χ4n) is 3.23. The Morgan fingerprint density at radius 2 is 1.84 bits per heavy atom. The molecule has 0 fully saturated rings. The minimum Gasteiger partial charge on any atom is -0.470 e. The number of hydrogen-bond donors (Lipinski definition) is 1. The Morgan fingerprint density at radius 1 is 1.13 bits per heavy atom. The second-order valence-corrected chi connectivity index (χ2v) is 8.79. The molecule has 0 aliphatic carbocycles. The molecule has 0 bridgehead atoms. The molecule has 2 unspecified atom stereocenters. The van der Waals surface area contributed by atoms with Gasteiger partial charge in [0.05, 0.1) is 10.5 Å². The summed E-state index contributed by atoms with van der Waals surface area (Å²) in [6.45, 7) is 6.65. The van der Waals surface area contributed by atoms with Crippen molar-refractivity contribution in [1.29, 1.82) is 0 Å². The van der Waals surface area contributed by atoms with Crippen LogP contribution in [0.15, 0.2) is 59.2 Å². The van der Waals surface area contributed by atoms with Gasteiger partial charge in [-0.05, 0) is 70.1 Å². The molecule has 0 spiro atoms. The summed E-state index contributed by atoms with van der Waals surface area (Å²) in [5.41, 5.74) is 2.77. The highest BCUT2D eigenvalue weighted by molar-refractivity contribution is 9.10. The minimum absolute atomic E-state index is 0.0649. The number of aromatic nitrogens is 2. The van der Waals surface area contributed by atoms with Gasteiger partial charge >= 0.3 is 0 Å². The molecule has 0 radical (unpaired) electrons. The van der Waals surface area contributed by atoms with E-state index in [0.717, 1.165) is 22.9 Å². The summed E-state index contributed by atoms with van der Waals surface area (Å²) in [5, 5.41) is 8.05. The van der Waals surface area contributed by atoms with Crippen LogP contribution in [0.1, 0.15) is 67.2 Å². The molecule has 1 amide bonds. The first-order valence-corrected chi connectivity index (χ1v) is 11.6. The molecular weight excluding hydrogens is 478 g/mol. The fourth-order valence-corrected chi connectivity index (χ4v) is 4.03. The van der Waals surface area contributed by atoms with Crippen LogP contribution in [0.3, 0.4) is 0 Å². The van der Waals surface area contributed by atoms with Crippen LogP contribution in [0.2, 0.25) is 5.02 Å². The Balaban J connectivity index is 1.61. The molecule has 1 N–H and O–H groups in total. The molecule has 5 nitrogen and oxygen atoms in total. The van der Waals surface area contributed by atoms with Gasteiger partial charge in [0, 0.05) is 11.2 Å². The highest BCUT2D eigenvalue weighted by Crippen LogP contribution is 2.28. The number of nitrogens with zero attached hydrogens (tertiary/aromatic N) is 2. The van der Waals surface area contributed by atoms with Crippen molar-refractivity contribution in [2.24, 2.45) is 0 Å². The Labute approximate surface area is 196 Å². The van der Waals surface area contributed by atoms with Gasteiger partial charge in [0.15, 0.2) is 6.73 Å². The van der Waals surface area contributed by atoms with Gasteiger partial charge in [0.25, 0.3) is 5.91 Å². The van der Waals surface area contributed by atoms with Gasteiger partial charge in [-0.2, -0.15) is 5.10 Å². The maximum atomic E-state index is 12.7. The molecule has 3 rings (SSSR count). The van der Waals surface area contributed by atoms with E-state index in [9.17, 15) is 4.79 Å². The lowest BCUT2D eigenvalue weighted by Gasteiger charge is -2.18. The fraction of sp³-hybridized carbons (Fsp3) is 0.333. The van der Waals surface area contributed by atoms with Gasteiger partial charge in [-0.15, -0.1) is 0 Å². The number of ether oxygens (including phenoxy) is 1. The van der Waals surface area contributed by atoms with E-state index in [1.165, 1.54) is 5.56 Å². The first-order valence-electron chi connectivity index (χ1n) is 10.4. The summed E-state index contributed by atoms with van der Waals surface area (Å²) in [4.78, 5) is 12.7. The third-order valence-electron chi connectivity index (χ3n) is 5.35. The summed E-state index contributed by atoms with van der Waals surface area (Å²) in [5.74, 6) is 0.977. The number of amides is 1. The van der Waals surface area contributed by atoms with Crippen molar-refractivity contribution < 1.29 is 9.53 Å². The Morgan fingerprint density at radius 3 is 2.48 bits per heavy atom. The number of hydrogen-bond acceptors (Lipinski definition) is 3. The van der Waals surface area contributed by atoms with Crippen LogP contribution >= 0.6 is 27.5 Å². The van der Waals surface area contributed by atoms with Crippen molar-refractivity contribution in [2.75, 3.05) is 0 Å². The predicted molar refractivity (Wildman–Crippen MR) is 128 cm³/mol. The normalized spacial score (nSPS) is 12.9. The van der Waals surface area contributed by atoms with E-state index in [1.807, 2.05) is 0 Å². The average molecular weight is 505 g/mol. The second kappa shape index (κ2) is 10.8. The molecule has 1 heterocycles. The quantitative estimate of drug-likeness (QED) is 0.351. The second-order valence-electron chi connectivity index (χ2n) is 7.50. The molecule has 0 saturated carbocycles. The van der Waals surface area contributed by atoms with Crippen molar-refractivity contribution in [1.82, 2.24) is 15.1 Å². The summed E-state index contributed by atoms with van der Waals surface area (Å²) in [7, 11) is 0. The number of nitrogens with one attached hydrogen (secondary N) is 1. The molecule has 7 heteroatoms. The molecule has 0 aliphatic rings. The molecule has 0 saturated heterocycles. The SMILES string of the molecule is CCC(C)c1ccc(C(CC)NC(=O)c2ccn(COc3ccc(Cl)cc3Br)n2)cc1. The maximum Gasteiger partial charge on any atom is 0.272 e. The molecule has 31 heavy (non-hydrogen) atoms. The van der Waals surface area contributed by atoms with E-state index in [1.54, 1.807) is 35.1 Å². The maximum absolute atomic E-state index is 12.7. The Hall–Kier alpha value is -2.31. The minimum atomic E-state index is -0.204. The molecular formula is C24H27BrClN3O2. The zero-order chi connectivity index (χ0) is 22.4. The largest absolute Gasteiger partial charge is 0.470 e. The zero-order valence-corrected chi connectivity index (χ0v) is 20.3. The van der Waals surface area contributed by atoms with Crippen LogP contribution in [-0.4, -0.2) is 15.7 Å². The number of halogens is 2. The van der Waals surface area contributed by atoms with E-state index in [0.29, 0.717) is 22.4 Å². The number of benzene rings is 2. The van der Waals surface area contributed by atoms with E-state index < -0.39 is 0 Å². The summed E-state index contributed by atoms with van der Waals surface area (Å²) in [6.07, 6.45) is 3.62. The molecule has 0 aliphatic heterocycles. The van der Waals surface area contributed by atoms with Gasteiger partial charge in [0.2, 0.25) is 0 Å². The topological polar surface area (TPSA) is 56.2 Å². The lowest BCUT2D eigenvalue weighted by Crippen LogP contribution is -2.28. The monoisotopic (exact) mass is 503 g/mol. The lowest BCUT2D eigenvalue weighted by atomic mass is 9.95. The smallest absolute Gasteiger partial charge is 0.272 e. The van der Waals surface area contributed by atoms with E-state index in [2.05, 4.69) is 71.4 Å². The molecule has 1 aromatic heterocycles. The lowest BCUT2D eigenvalue weighted by molar-refractivity contribution is 0.0928. The Bertz CT molecular complexity index is 1020. The van der Waals surface area contributed by atoms with Crippen LogP contribution in [0.25, 0.3) is 0 Å². The van der Waals surface area contributed by atoms with Crippen LogP contribution in [0.5, 0.6) is 5.75 Å². The predicted octanol–water partition coefficient (Wildman–Crippen LogP) is 6.73. The standard InChI is InChI=1S/C24H27BrClN3O2/c1-4-16(3)17-6-8-18(9-7-17)21(5-2)27-24(30)22-12-13-29(28-22)15-31-23-11-10-19(26)14-20(23)25/h6-14,16,21H,4-5,15H2,1-3H3,(H,27,30). The molecule has 2 atom stereocenters. The van der Waals surface area contributed by atoms with E-state index in [4.69, 9.17) is 16.3 Å². The van der Waals surface area contributed by atoms with Gasteiger partial charge in [-0.1, -0.05) is 56.6 Å². The molecule has 3 aromatic rings. The molecule has 164 valence electrons. The third kappa shape index (κ3) is 6.11. The van der Waals surface area contributed by atoms with Crippen molar-refractivity contribution in [3.05, 3.63) is 81.0 Å². The number of carbonyl (C=O) groups excluding carboxylic acids is 1. The van der Waals surface area contributed by atoms with Crippen LogP contribution in [0, 0.1) is 0 Å². The number of carbonyl (C=O) groups is 1. The Kier molecular flexibility index (Phi) is 8.15. The average Bonchev–Trinajstić information content (AvgIpc) is 3.25. The van der Waals surface area contributed by atoms with Gasteiger partial charge in [-0.25, -0.2) is 4.68 Å². The first kappa shape index (κ1) is 23.4. The highest BCUT2D eigenvalue weighted by Gasteiger charge is 2.17. The summed E-state index contributed by atoms with van der Waals surface area (Å²) in [6, 6.07) is 15.4. The van der Waals surface area contributed by atoms with Gasteiger partial charge in [0.1, 0.15) is 11.4 Å². The number of rotatable bonds is 9. The van der Waals surface area contributed by atoms with Gasteiger partial charge in [-0.3, -0.25) is 4.79 Å². The van der Waals surface area contributed by atoms with Crippen molar-refractivity contribution >= 4 is 33.4 Å². The molecule has 2 aromatic carbocycles. The van der Waals surface area contributed by atoms with Crippen LogP contribution in [0.4, 0.5) is 0 Å². The van der Waals surface area contributed by atoms with E-state index >= 15 is 0 Å². The summed E-state index contributed by atoms with van der Waals surface area (Å²) >= 11 is 9.37. The van der Waals surface area contributed by atoms with E-state index in [-0.39, 0.29) is 18.7 Å². The van der Waals surface area contributed by atoms with Crippen LogP contribution in [-0.2, 0) is 6.73 Å². The summed E-state index contributed by atoms with van der Waals surface area (Å²) < 4.78 is 8.09. The highest BCUT2D eigenvalue weighted by atomic mass is 79.9.